The van der Waals surface area contributed by atoms with Crippen LogP contribution in [0.1, 0.15) is 0 Å². The van der Waals surface area contributed by atoms with Gasteiger partial charge < -0.3 is 4.74 Å². The first-order valence-electron chi connectivity index (χ1n) is 2.33. The molecule has 0 amide bonds. The monoisotopic (exact) mass is 160 g/mol. The maximum atomic E-state index is 9.61. The maximum absolute atomic E-state index is 9.61. The topological polar surface area (TPSA) is 76.5 Å². The lowest BCUT2D eigenvalue weighted by molar-refractivity contribution is 0.386. The number of rotatable bonds is 3. The van der Waals surface area contributed by atoms with Crippen LogP contribution in [0.3, 0.4) is 0 Å². The van der Waals surface area contributed by atoms with E-state index < -0.39 is 0 Å². The predicted molar refractivity (Wildman–Crippen MR) is 35.9 cm³/mol. The molecule has 0 aliphatic heterocycles. The smallest absolute Gasteiger partial charge is 0.330 e. The van der Waals surface area contributed by atoms with Crippen molar-refractivity contribution in [2.24, 2.45) is 5.29 Å². The first-order chi connectivity index (χ1) is 4.86. The maximum Gasteiger partial charge on any atom is 0.330 e. The van der Waals surface area contributed by atoms with E-state index >= 15 is 0 Å². The quantitative estimate of drug-likeness (QED) is 0.518. The molecule has 7 heteroatoms. The van der Waals surface area contributed by atoms with E-state index in [1.165, 1.54) is 7.11 Å². The van der Waals surface area contributed by atoms with Gasteiger partial charge in [-0.1, -0.05) is 0 Å². The second kappa shape index (κ2) is 3.06. The van der Waals surface area contributed by atoms with Crippen molar-refractivity contribution >= 4 is 16.7 Å². The molecular formula is C3H4N4O2S. The third-order valence-electron chi connectivity index (χ3n) is 0.731. The van der Waals surface area contributed by atoms with Gasteiger partial charge in [-0.3, -0.25) is 0 Å². The summed E-state index contributed by atoms with van der Waals surface area (Å²) in [6.07, 6.45) is 0. The van der Waals surface area contributed by atoms with Gasteiger partial charge in [-0.05, 0) is 0 Å². The van der Waals surface area contributed by atoms with E-state index in [9.17, 15) is 4.91 Å². The van der Waals surface area contributed by atoms with Crippen LogP contribution in [0.4, 0.5) is 5.13 Å². The van der Waals surface area contributed by atoms with Crippen molar-refractivity contribution < 1.29 is 4.74 Å². The van der Waals surface area contributed by atoms with Gasteiger partial charge in [0.25, 0.3) is 0 Å². The van der Waals surface area contributed by atoms with Gasteiger partial charge in [0.05, 0.1) is 12.4 Å². The molecule has 1 N–H and O–H groups in total. The molecule has 10 heavy (non-hydrogen) atoms. The Morgan fingerprint density at radius 3 is 3.10 bits per heavy atom. The van der Waals surface area contributed by atoms with Crippen molar-refractivity contribution in [3.8, 4) is 6.01 Å². The second-order valence-electron chi connectivity index (χ2n) is 1.29. The molecule has 0 saturated carbocycles. The van der Waals surface area contributed by atoms with E-state index in [2.05, 4.69) is 24.8 Å². The average molecular weight is 160 g/mol. The minimum absolute atomic E-state index is 0.233. The highest BCUT2D eigenvalue weighted by atomic mass is 32.1. The van der Waals surface area contributed by atoms with Crippen LogP contribution in [0.15, 0.2) is 5.29 Å². The van der Waals surface area contributed by atoms with E-state index in [0.29, 0.717) is 5.13 Å². The zero-order valence-electron chi connectivity index (χ0n) is 5.07. The Hall–Kier alpha value is -1.24. The van der Waals surface area contributed by atoms with Crippen molar-refractivity contribution in [3.05, 3.63) is 4.91 Å². The molecule has 1 aromatic heterocycles. The Morgan fingerprint density at radius 2 is 2.60 bits per heavy atom. The van der Waals surface area contributed by atoms with Gasteiger partial charge in [0.1, 0.15) is 0 Å². The summed E-state index contributed by atoms with van der Waals surface area (Å²) in [5.41, 5.74) is 2.10. The number of ether oxygens (including phenoxy) is 1. The molecule has 0 atom stereocenters. The third kappa shape index (κ3) is 1.38. The summed E-state index contributed by atoms with van der Waals surface area (Å²) >= 11 is 1.01. The van der Waals surface area contributed by atoms with E-state index in [1.807, 2.05) is 0 Å². The summed E-state index contributed by atoms with van der Waals surface area (Å²) in [5, 5.41) is 2.73. The van der Waals surface area contributed by atoms with Crippen LogP contribution in [-0.4, -0.2) is 16.5 Å². The molecule has 0 radical (unpaired) electrons. The van der Waals surface area contributed by atoms with Crippen LogP contribution < -0.4 is 10.2 Å². The van der Waals surface area contributed by atoms with E-state index in [1.54, 1.807) is 0 Å². The first kappa shape index (κ1) is 6.87. The Balaban J connectivity index is 2.67. The van der Waals surface area contributed by atoms with Gasteiger partial charge in [-0.25, -0.2) is 5.43 Å². The highest BCUT2D eigenvalue weighted by Gasteiger charge is 2.00. The Labute approximate surface area is 60.3 Å². The lowest BCUT2D eigenvalue weighted by Gasteiger charge is -1.85. The molecule has 0 aliphatic carbocycles. The van der Waals surface area contributed by atoms with Crippen molar-refractivity contribution in [3.63, 3.8) is 0 Å². The molecule has 54 valence electrons. The minimum Gasteiger partial charge on any atom is -0.466 e. The number of hydrogen-bond acceptors (Lipinski definition) is 6. The number of anilines is 1. The van der Waals surface area contributed by atoms with Crippen LogP contribution in [0.5, 0.6) is 6.01 Å². The standard InChI is InChI=1S/C3H4N4O2S/c1-9-2-4-3(5-7-8)10-6-2/h1H3,(H,4,5,6,8). The summed E-state index contributed by atoms with van der Waals surface area (Å²) < 4.78 is 8.35. The number of nitrogens with one attached hydrogen (secondary N) is 1. The Kier molecular flexibility index (Phi) is 2.11. The van der Waals surface area contributed by atoms with Crippen molar-refractivity contribution in [1.29, 1.82) is 0 Å². The van der Waals surface area contributed by atoms with Crippen molar-refractivity contribution in [2.75, 3.05) is 12.5 Å². The number of methoxy groups -OCH3 is 1. The SMILES string of the molecule is COc1nsc(NN=O)n1. The minimum atomic E-state index is 0.233. The lowest BCUT2D eigenvalue weighted by Crippen LogP contribution is -1.86. The van der Waals surface area contributed by atoms with Gasteiger partial charge in [-0.15, -0.1) is 9.28 Å². The van der Waals surface area contributed by atoms with Crippen molar-refractivity contribution in [1.82, 2.24) is 9.36 Å². The van der Waals surface area contributed by atoms with Gasteiger partial charge in [0, 0.05) is 11.5 Å². The number of nitroso groups, excluding NO2 is 1. The van der Waals surface area contributed by atoms with Gasteiger partial charge >= 0.3 is 6.01 Å². The highest BCUT2D eigenvalue weighted by Crippen LogP contribution is 2.14. The first-order valence-corrected chi connectivity index (χ1v) is 3.10. The molecule has 0 spiro atoms. The van der Waals surface area contributed by atoms with E-state index in [-0.39, 0.29) is 6.01 Å². The number of nitrogens with zero attached hydrogens (tertiary/aromatic N) is 3. The van der Waals surface area contributed by atoms with Crippen LogP contribution in [0.25, 0.3) is 0 Å². The zero-order valence-corrected chi connectivity index (χ0v) is 5.88. The van der Waals surface area contributed by atoms with Gasteiger partial charge in [0.2, 0.25) is 5.13 Å². The van der Waals surface area contributed by atoms with Crippen LogP contribution >= 0.6 is 11.5 Å². The normalized spacial score (nSPS) is 8.90. The van der Waals surface area contributed by atoms with E-state index in [4.69, 9.17) is 0 Å². The van der Waals surface area contributed by atoms with E-state index in [0.717, 1.165) is 11.5 Å². The summed E-state index contributed by atoms with van der Waals surface area (Å²) in [6, 6.07) is 0.233. The molecule has 0 unspecified atom stereocenters. The fourth-order valence-electron chi connectivity index (χ4n) is 0.377. The molecule has 6 nitrogen and oxygen atoms in total. The predicted octanol–water partition coefficient (Wildman–Crippen LogP) is 0.640. The Bertz CT molecular complexity index is 224. The third-order valence-corrected chi connectivity index (χ3v) is 1.33. The highest BCUT2D eigenvalue weighted by molar-refractivity contribution is 7.09. The lowest BCUT2D eigenvalue weighted by atomic mass is 11.1. The van der Waals surface area contributed by atoms with Gasteiger partial charge in [0.15, 0.2) is 0 Å². The molecular weight excluding hydrogens is 156 g/mol. The Morgan fingerprint density at radius 1 is 1.80 bits per heavy atom. The molecule has 1 rings (SSSR count). The van der Waals surface area contributed by atoms with Crippen LogP contribution in [-0.2, 0) is 0 Å². The zero-order chi connectivity index (χ0) is 7.40. The summed E-state index contributed by atoms with van der Waals surface area (Å²) in [5.74, 6) is 0. The second-order valence-corrected chi connectivity index (χ2v) is 2.04. The molecule has 0 fully saturated rings. The number of aromatic nitrogens is 2. The summed E-state index contributed by atoms with van der Waals surface area (Å²) in [7, 11) is 1.44. The molecule has 0 saturated heterocycles. The molecule has 1 aromatic rings. The fraction of sp³-hybridized carbons (Fsp3) is 0.333. The molecule has 1 heterocycles. The summed E-state index contributed by atoms with van der Waals surface area (Å²) in [4.78, 5) is 13.3. The van der Waals surface area contributed by atoms with Crippen LogP contribution in [0.2, 0.25) is 0 Å². The molecule has 0 aliphatic rings. The summed E-state index contributed by atoms with van der Waals surface area (Å²) in [6.45, 7) is 0. The largest absolute Gasteiger partial charge is 0.466 e. The molecule has 0 bridgehead atoms. The molecule has 0 aromatic carbocycles. The van der Waals surface area contributed by atoms with Crippen molar-refractivity contribution in [2.45, 2.75) is 0 Å². The average Bonchev–Trinajstić information content (AvgIpc) is 2.37. The number of hydrogen-bond donors (Lipinski definition) is 1. The van der Waals surface area contributed by atoms with Gasteiger partial charge in [-0.2, -0.15) is 4.98 Å². The fourth-order valence-corrected chi connectivity index (χ4v) is 0.854. The van der Waals surface area contributed by atoms with Crippen LogP contribution in [0, 0.1) is 4.91 Å².